The molecule has 0 radical (unpaired) electrons. The van der Waals surface area contributed by atoms with Gasteiger partial charge in [-0.15, -0.1) is 0 Å². The largest absolute Gasteiger partial charge is 0.389 e. The smallest absolute Gasteiger partial charge is 0.0898 e. The van der Waals surface area contributed by atoms with Crippen molar-refractivity contribution < 1.29 is 9.84 Å². The molecule has 3 aromatic carbocycles. The zero-order valence-electron chi connectivity index (χ0n) is 18.4. The van der Waals surface area contributed by atoms with Gasteiger partial charge >= 0.3 is 0 Å². The van der Waals surface area contributed by atoms with Crippen LogP contribution >= 0.6 is 15.9 Å². The zero-order valence-corrected chi connectivity index (χ0v) is 19.9. The lowest BCUT2D eigenvalue weighted by atomic mass is 9.93. The van der Waals surface area contributed by atoms with Crippen molar-refractivity contribution in [3.05, 3.63) is 82.3 Å². The molecule has 1 saturated carbocycles. The fourth-order valence-electron chi connectivity index (χ4n) is 4.18. The molecule has 0 aliphatic heterocycles. The van der Waals surface area contributed by atoms with Crippen molar-refractivity contribution in [2.24, 2.45) is 5.92 Å². The van der Waals surface area contributed by atoms with Crippen LogP contribution in [0.3, 0.4) is 0 Å². The standard InChI is InChI=1S/C27H32BrNO2/c1-27(2,16-19-10-11-20-6-3-4-7-22(20)14-19)29-17-25(30)18-31-26(21-12-13-21)23-8-5-9-24(28)15-23/h3-11,14-15,21,25-26,29-30H,12-13,16-18H2,1-2H3/t25-,26?/m1/s1. The highest BCUT2D eigenvalue weighted by atomic mass is 79.9. The third-order valence-electron chi connectivity index (χ3n) is 5.97. The number of ether oxygens (including phenoxy) is 1. The number of hydrogen-bond acceptors (Lipinski definition) is 3. The lowest BCUT2D eigenvalue weighted by molar-refractivity contribution is -0.0211. The highest BCUT2D eigenvalue weighted by molar-refractivity contribution is 9.10. The van der Waals surface area contributed by atoms with Gasteiger partial charge in [0.1, 0.15) is 0 Å². The summed E-state index contributed by atoms with van der Waals surface area (Å²) in [5.41, 5.74) is 2.36. The average molecular weight is 482 g/mol. The van der Waals surface area contributed by atoms with Gasteiger partial charge in [0.05, 0.1) is 18.8 Å². The van der Waals surface area contributed by atoms with E-state index in [1.807, 2.05) is 12.1 Å². The quantitative estimate of drug-likeness (QED) is 0.370. The van der Waals surface area contributed by atoms with E-state index in [4.69, 9.17) is 4.74 Å². The van der Waals surface area contributed by atoms with E-state index in [-0.39, 0.29) is 11.6 Å². The molecule has 164 valence electrons. The van der Waals surface area contributed by atoms with E-state index >= 15 is 0 Å². The molecule has 3 nitrogen and oxygen atoms in total. The minimum absolute atomic E-state index is 0.0674. The number of hydrogen-bond donors (Lipinski definition) is 2. The Kier molecular flexibility index (Phi) is 7.12. The highest BCUT2D eigenvalue weighted by Gasteiger charge is 2.33. The molecule has 0 bridgehead atoms. The zero-order chi connectivity index (χ0) is 21.8. The second-order valence-corrected chi connectivity index (χ2v) is 10.3. The van der Waals surface area contributed by atoms with Gasteiger partial charge in [-0.3, -0.25) is 0 Å². The number of rotatable bonds is 10. The summed E-state index contributed by atoms with van der Waals surface area (Å²) in [7, 11) is 0. The van der Waals surface area contributed by atoms with Gasteiger partial charge in [0.25, 0.3) is 0 Å². The molecule has 2 N–H and O–H groups in total. The molecule has 0 amide bonds. The number of nitrogens with one attached hydrogen (secondary N) is 1. The van der Waals surface area contributed by atoms with E-state index in [0.29, 0.717) is 19.1 Å². The van der Waals surface area contributed by atoms with Crippen molar-refractivity contribution >= 4 is 26.7 Å². The van der Waals surface area contributed by atoms with E-state index in [2.05, 4.69) is 89.7 Å². The van der Waals surface area contributed by atoms with Gasteiger partial charge in [0.2, 0.25) is 0 Å². The van der Waals surface area contributed by atoms with Gasteiger partial charge in [-0.2, -0.15) is 0 Å². The summed E-state index contributed by atoms with van der Waals surface area (Å²) < 4.78 is 7.26. The summed E-state index contributed by atoms with van der Waals surface area (Å²) in [4.78, 5) is 0. The molecule has 0 heterocycles. The summed E-state index contributed by atoms with van der Waals surface area (Å²) in [6, 6.07) is 23.4. The first kappa shape index (κ1) is 22.5. The fraction of sp³-hybridized carbons (Fsp3) is 0.407. The Balaban J connectivity index is 1.29. The number of aliphatic hydroxyl groups excluding tert-OH is 1. The van der Waals surface area contributed by atoms with E-state index in [9.17, 15) is 5.11 Å². The van der Waals surface area contributed by atoms with Gasteiger partial charge in [-0.1, -0.05) is 70.5 Å². The van der Waals surface area contributed by atoms with Crippen molar-refractivity contribution in [3.8, 4) is 0 Å². The van der Waals surface area contributed by atoms with Crippen LogP contribution in [0.1, 0.15) is 43.9 Å². The average Bonchev–Trinajstić information content (AvgIpc) is 3.57. The van der Waals surface area contributed by atoms with Crippen LogP contribution in [-0.2, 0) is 11.2 Å². The molecule has 0 aromatic heterocycles. The first-order valence-electron chi connectivity index (χ1n) is 11.2. The van der Waals surface area contributed by atoms with Crippen LogP contribution in [0.5, 0.6) is 0 Å². The molecule has 2 atom stereocenters. The molecule has 1 unspecified atom stereocenters. The molecule has 4 heteroatoms. The second-order valence-electron chi connectivity index (χ2n) is 9.42. The maximum absolute atomic E-state index is 10.6. The lowest BCUT2D eigenvalue weighted by Crippen LogP contribution is -2.46. The second kappa shape index (κ2) is 9.83. The molecule has 31 heavy (non-hydrogen) atoms. The fourth-order valence-corrected chi connectivity index (χ4v) is 4.59. The van der Waals surface area contributed by atoms with Crippen LogP contribution in [0.25, 0.3) is 10.8 Å². The van der Waals surface area contributed by atoms with E-state index in [0.717, 1.165) is 10.9 Å². The van der Waals surface area contributed by atoms with Crippen molar-refractivity contribution in [3.63, 3.8) is 0 Å². The van der Waals surface area contributed by atoms with Gasteiger partial charge < -0.3 is 15.2 Å². The predicted octanol–water partition coefficient (Wildman–Crippen LogP) is 6.04. The molecular formula is C27H32BrNO2. The van der Waals surface area contributed by atoms with E-state index < -0.39 is 6.10 Å². The number of β-amino-alcohol motifs (C(OH)–C–C–N with tert-alkyl or cyclic N) is 1. The van der Waals surface area contributed by atoms with Crippen LogP contribution in [0, 0.1) is 5.92 Å². The summed E-state index contributed by atoms with van der Waals surface area (Å²) in [5, 5.41) is 16.6. The molecule has 1 aliphatic carbocycles. The van der Waals surface area contributed by atoms with Crippen LogP contribution in [-0.4, -0.2) is 29.9 Å². The Morgan fingerprint density at radius 1 is 1.03 bits per heavy atom. The van der Waals surface area contributed by atoms with Gasteiger partial charge in [0, 0.05) is 16.6 Å². The Labute approximate surface area is 194 Å². The van der Waals surface area contributed by atoms with Gasteiger partial charge in [0.15, 0.2) is 0 Å². The number of aliphatic hydroxyl groups is 1. The van der Waals surface area contributed by atoms with Crippen LogP contribution in [0.15, 0.2) is 71.2 Å². The third-order valence-corrected chi connectivity index (χ3v) is 6.46. The Hall–Kier alpha value is -1.72. The van der Waals surface area contributed by atoms with Crippen LogP contribution in [0.2, 0.25) is 0 Å². The first-order valence-corrected chi connectivity index (χ1v) is 12.0. The molecule has 1 fully saturated rings. The number of fused-ring (bicyclic) bond motifs is 1. The van der Waals surface area contributed by atoms with Gasteiger partial charge in [-0.05, 0) is 73.1 Å². The summed E-state index contributed by atoms with van der Waals surface area (Å²) in [5.74, 6) is 0.568. The maximum Gasteiger partial charge on any atom is 0.0898 e. The molecule has 0 spiro atoms. The summed E-state index contributed by atoms with van der Waals surface area (Å²) in [6.45, 7) is 5.22. The third kappa shape index (κ3) is 6.39. The number of benzene rings is 3. The van der Waals surface area contributed by atoms with Crippen LogP contribution in [0.4, 0.5) is 0 Å². The molecule has 4 rings (SSSR count). The SMILES string of the molecule is CC(C)(Cc1ccc2ccccc2c1)NC[C@@H](O)COC(c1cccc(Br)c1)C1CC1. The Bertz CT molecular complexity index is 1010. The summed E-state index contributed by atoms with van der Waals surface area (Å²) >= 11 is 3.55. The van der Waals surface area contributed by atoms with E-state index in [1.54, 1.807) is 0 Å². The minimum atomic E-state index is -0.538. The minimum Gasteiger partial charge on any atom is -0.389 e. The van der Waals surface area contributed by atoms with Crippen molar-refractivity contribution in [2.45, 2.75) is 50.9 Å². The maximum atomic E-state index is 10.6. The highest BCUT2D eigenvalue weighted by Crippen LogP contribution is 2.43. The Morgan fingerprint density at radius 3 is 2.55 bits per heavy atom. The molecule has 0 saturated heterocycles. The summed E-state index contributed by atoms with van der Waals surface area (Å²) in [6.07, 6.45) is 2.82. The predicted molar refractivity (Wildman–Crippen MR) is 131 cm³/mol. The monoisotopic (exact) mass is 481 g/mol. The van der Waals surface area contributed by atoms with Crippen LogP contribution < -0.4 is 5.32 Å². The van der Waals surface area contributed by atoms with Gasteiger partial charge in [-0.25, -0.2) is 0 Å². The Morgan fingerprint density at radius 2 is 1.81 bits per heavy atom. The first-order chi connectivity index (χ1) is 14.9. The van der Waals surface area contributed by atoms with E-state index in [1.165, 1.54) is 34.7 Å². The molecule has 1 aliphatic rings. The molecule has 3 aromatic rings. The van der Waals surface area contributed by atoms with Crippen molar-refractivity contribution in [2.75, 3.05) is 13.2 Å². The number of halogens is 1. The molecular weight excluding hydrogens is 450 g/mol. The normalized spacial score (nSPS) is 16.4. The lowest BCUT2D eigenvalue weighted by Gasteiger charge is -2.29. The van der Waals surface area contributed by atoms with Crippen molar-refractivity contribution in [1.29, 1.82) is 0 Å². The topological polar surface area (TPSA) is 41.5 Å². The van der Waals surface area contributed by atoms with Crippen molar-refractivity contribution in [1.82, 2.24) is 5.32 Å².